The molecule has 1 aromatic carbocycles. The van der Waals surface area contributed by atoms with Crippen molar-refractivity contribution in [2.45, 2.75) is 13.0 Å². The molecule has 1 unspecified atom stereocenters. The minimum atomic E-state index is -0.991. The summed E-state index contributed by atoms with van der Waals surface area (Å²) in [5.74, 6) is -0.309. The van der Waals surface area contributed by atoms with E-state index in [1.165, 1.54) is 6.92 Å². The molecule has 22 heavy (non-hydrogen) atoms. The first kappa shape index (κ1) is 14.6. The number of para-hydroxylation sites is 1. The second-order valence-corrected chi connectivity index (χ2v) is 5.54. The summed E-state index contributed by atoms with van der Waals surface area (Å²) in [5.41, 5.74) is 1.49. The number of rotatable bonds is 2. The Bertz CT molecular complexity index is 699. The molecule has 6 heteroatoms. The van der Waals surface area contributed by atoms with Crippen molar-refractivity contribution in [2.24, 2.45) is 0 Å². The van der Waals surface area contributed by atoms with Gasteiger partial charge in [0, 0.05) is 37.8 Å². The molecule has 6 nitrogen and oxygen atoms in total. The monoisotopic (exact) mass is 301 g/mol. The normalized spacial score (nSPS) is 16.8. The van der Waals surface area contributed by atoms with E-state index in [0.717, 1.165) is 10.9 Å². The zero-order valence-corrected chi connectivity index (χ0v) is 12.5. The maximum Gasteiger partial charge on any atom is 0.256 e. The van der Waals surface area contributed by atoms with Gasteiger partial charge in [0.25, 0.3) is 11.8 Å². The van der Waals surface area contributed by atoms with Crippen molar-refractivity contribution in [3.05, 3.63) is 36.0 Å². The first-order valence-electron chi connectivity index (χ1n) is 7.40. The van der Waals surface area contributed by atoms with E-state index in [4.69, 9.17) is 0 Å². The predicted octanol–water partition coefficient (Wildman–Crippen LogP) is 0.833. The summed E-state index contributed by atoms with van der Waals surface area (Å²) in [6, 6.07) is 7.58. The Labute approximate surface area is 128 Å². The van der Waals surface area contributed by atoms with E-state index in [0.29, 0.717) is 31.7 Å². The minimum Gasteiger partial charge on any atom is -0.384 e. The molecule has 0 bridgehead atoms. The van der Waals surface area contributed by atoms with Crippen LogP contribution < -0.4 is 0 Å². The van der Waals surface area contributed by atoms with E-state index >= 15 is 0 Å². The van der Waals surface area contributed by atoms with Gasteiger partial charge in [0.2, 0.25) is 0 Å². The SMILES string of the molecule is CC(O)C(=O)N1CCN(C(=O)c2cccc3cc[nH]c23)CC1. The van der Waals surface area contributed by atoms with Gasteiger partial charge in [-0.3, -0.25) is 9.59 Å². The summed E-state index contributed by atoms with van der Waals surface area (Å²) >= 11 is 0. The van der Waals surface area contributed by atoms with Crippen molar-refractivity contribution in [3.63, 3.8) is 0 Å². The fourth-order valence-electron chi connectivity index (χ4n) is 2.83. The van der Waals surface area contributed by atoms with Crippen LogP contribution in [0, 0.1) is 0 Å². The van der Waals surface area contributed by atoms with Crippen LogP contribution in [-0.4, -0.2) is 64.0 Å². The zero-order chi connectivity index (χ0) is 15.7. The smallest absolute Gasteiger partial charge is 0.256 e. The van der Waals surface area contributed by atoms with E-state index in [1.807, 2.05) is 30.5 Å². The highest BCUT2D eigenvalue weighted by atomic mass is 16.3. The molecule has 0 aliphatic carbocycles. The molecule has 1 aliphatic heterocycles. The Balaban J connectivity index is 1.73. The van der Waals surface area contributed by atoms with Gasteiger partial charge in [-0.15, -0.1) is 0 Å². The number of carbonyl (C=O) groups excluding carboxylic acids is 2. The van der Waals surface area contributed by atoms with Gasteiger partial charge in [-0.1, -0.05) is 12.1 Å². The molecule has 116 valence electrons. The summed E-state index contributed by atoms with van der Waals surface area (Å²) in [6.45, 7) is 3.33. The molecule has 2 amide bonds. The fourth-order valence-corrected chi connectivity index (χ4v) is 2.83. The first-order chi connectivity index (χ1) is 10.6. The molecule has 2 heterocycles. The number of benzene rings is 1. The minimum absolute atomic E-state index is 0.0304. The molecule has 0 spiro atoms. The lowest BCUT2D eigenvalue weighted by molar-refractivity contribution is -0.140. The van der Waals surface area contributed by atoms with Gasteiger partial charge in [-0.2, -0.15) is 0 Å². The lowest BCUT2D eigenvalue weighted by Crippen LogP contribution is -2.52. The largest absolute Gasteiger partial charge is 0.384 e. The highest BCUT2D eigenvalue weighted by molar-refractivity contribution is 6.05. The van der Waals surface area contributed by atoms with Crippen LogP contribution in [-0.2, 0) is 4.79 Å². The van der Waals surface area contributed by atoms with Crippen LogP contribution in [0.5, 0.6) is 0 Å². The average molecular weight is 301 g/mol. The summed E-state index contributed by atoms with van der Waals surface area (Å²) in [7, 11) is 0. The number of piperazine rings is 1. The van der Waals surface area contributed by atoms with Gasteiger partial charge in [0.15, 0.2) is 0 Å². The van der Waals surface area contributed by atoms with Crippen LogP contribution in [0.3, 0.4) is 0 Å². The Kier molecular flexibility index (Phi) is 3.85. The van der Waals surface area contributed by atoms with Crippen LogP contribution in [0.25, 0.3) is 10.9 Å². The number of hydrogen-bond donors (Lipinski definition) is 2. The molecule has 3 rings (SSSR count). The lowest BCUT2D eigenvalue weighted by Gasteiger charge is -2.35. The molecule has 1 fully saturated rings. The number of amides is 2. The number of H-pyrrole nitrogens is 1. The van der Waals surface area contributed by atoms with E-state index in [1.54, 1.807) is 9.80 Å². The fraction of sp³-hybridized carbons (Fsp3) is 0.375. The summed E-state index contributed by atoms with van der Waals surface area (Å²) in [4.78, 5) is 30.9. The molecule has 0 radical (unpaired) electrons. The Hall–Kier alpha value is -2.34. The lowest BCUT2D eigenvalue weighted by atomic mass is 10.1. The maximum absolute atomic E-state index is 12.7. The summed E-state index contributed by atoms with van der Waals surface area (Å²) in [6.07, 6.45) is 0.829. The summed E-state index contributed by atoms with van der Waals surface area (Å²) < 4.78 is 0. The second-order valence-electron chi connectivity index (χ2n) is 5.54. The number of aromatic nitrogens is 1. The van der Waals surface area contributed by atoms with Crippen molar-refractivity contribution >= 4 is 22.7 Å². The van der Waals surface area contributed by atoms with Crippen molar-refractivity contribution < 1.29 is 14.7 Å². The van der Waals surface area contributed by atoms with Gasteiger partial charge in [-0.05, 0) is 19.1 Å². The van der Waals surface area contributed by atoms with E-state index in [-0.39, 0.29) is 11.8 Å². The number of aromatic amines is 1. The van der Waals surface area contributed by atoms with Gasteiger partial charge >= 0.3 is 0 Å². The van der Waals surface area contributed by atoms with Crippen LogP contribution in [0.2, 0.25) is 0 Å². The maximum atomic E-state index is 12.7. The number of hydrogen-bond acceptors (Lipinski definition) is 3. The number of carbonyl (C=O) groups is 2. The second kappa shape index (κ2) is 5.81. The summed E-state index contributed by atoms with van der Waals surface area (Å²) in [5, 5.41) is 10.4. The number of fused-ring (bicyclic) bond motifs is 1. The van der Waals surface area contributed by atoms with E-state index in [2.05, 4.69) is 4.98 Å². The van der Waals surface area contributed by atoms with Crippen LogP contribution in [0.4, 0.5) is 0 Å². The molecule has 1 saturated heterocycles. The highest BCUT2D eigenvalue weighted by Crippen LogP contribution is 2.19. The van der Waals surface area contributed by atoms with Crippen LogP contribution in [0.15, 0.2) is 30.5 Å². The number of nitrogens with zero attached hydrogens (tertiary/aromatic N) is 2. The average Bonchev–Trinajstić information content (AvgIpc) is 3.02. The third-order valence-corrected chi connectivity index (χ3v) is 4.05. The zero-order valence-electron chi connectivity index (χ0n) is 12.5. The third-order valence-electron chi connectivity index (χ3n) is 4.05. The van der Waals surface area contributed by atoms with Crippen molar-refractivity contribution in [1.29, 1.82) is 0 Å². The molecule has 1 aromatic heterocycles. The van der Waals surface area contributed by atoms with E-state index in [9.17, 15) is 14.7 Å². The van der Waals surface area contributed by atoms with Gasteiger partial charge < -0.3 is 19.9 Å². The molecular weight excluding hydrogens is 282 g/mol. The number of aliphatic hydroxyl groups is 1. The molecule has 2 N–H and O–H groups in total. The molecule has 1 aliphatic rings. The number of aliphatic hydroxyl groups excluding tert-OH is 1. The molecule has 2 aromatic rings. The number of nitrogens with one attached hydrogen (secondary N) is 1. The molecular formula is C16H19N3O3. The van der Waals surface area contributed by atoms with Crippen molar-refractivity contribution in [3.8, 4) is 0 Å². The molecule has 1 atom stereocenters. The van der Waals surface area contributed by atoms with Crippen LogP contribution >= 0.6 is 0 Å². The third kappa shape index (κ3) is 2.57. The predicted molar refractivity (Wildman–Crippen MR) is 82.5 cm³/mol. The molecule has 0 saturated carbocycles. The van der Waals surface area contributed by atoms with Crippen LogP contribution in [0.1, 0.15) is 17.3 Å². The Morgan fingerprint density at radius 2 is 1.82 bits per heavy atom. The Morgan fingerprint density at radius 1 is 1.14 bits per heavy atom. The van der Waals surface area contributed by atoms with Gasteiger partial charge in [-0.25, -0.2) is 0 Å². The van der Waals surface area contributed by atoms with Crippen molar-refractivity contribution in [2.75, 3.05) is 26.2 Å². The quantitative estimate of drug-likeness (QED) is 0.862. The van der Waals surface area contributed by atoms with Gasteiger partial charge in [0.1, 0.15) is 6.10 Å². The standard InChI is InChI=1S/C16H19N3O3/c1-11(20)15(21)18-7-9-19(10-8-18)16(22)13-4-2-3-12-5-6-17-14(12)13/h2-6,11,17,20H,7-10H2,1H3. The van der Waals surface area contributed by atoms with Crippen molar-refractivity contribution in [1.82, 2.24) is 14.8 Å². The topological polar surface area (TPSA) is 76.6 Å². The van der Waals surface area contributed by atoms with E-state index < -0.39 is 6.10 Å². The van der Waals surface area contributed by atoms with Gasteiger partial charge in [0.05, 0.1) is 11.1 Å². The first-order valence-corrected chi connectivity index (χ1v) is 7.40. The Morgan fingerprint density at radius 3 is 2.50 bits per heavy atom. The highest BCUT2D eigenvalue weighted by Gasteiger charge is 2.27.